The standard InChI is InChI=1S/C15H13BrN2O/c1-9-4-3-5-10(6-9)15-17-13-8-11(19-2)7-12(16)14(13)18-15/h3-8H,1-2H3,(H,17,18). The fraction of sp³-hybridized carbons (Fsp3) is 0.133. The Morgan fingerprint density at radius 1 is 1.21 bits per heavy atom. The van der Waals surface area contributed by atoms with Gasteiger partial charge in [0.1, 0.15) is 17.1 Å². The number of benzene rings is 2. The number of hydrogen-bond acceptors (Lipinski definition) is 2. The molecule has 1 heterocycles. The SMILES string of the molecule is COc1cc(Br)c2nc(-c3cccc(C)c3)[nH]c2c1. The Morgan fingerprint density at radius 3 is 2.79 bits per heavy atom. The number of rotatable bonds is 2. The minimum Gasteiger partial charge on any atom is -0.497 e. The number of hydrogen-bond donors (Lipinski definition) is 1. The van der Waals surface area contributed by atoms with E-state index < -0.39 is 0 Å². The van der Waals surface area contributed by atoms with E-state index in [0.717, 1.165) is 32.6 Å². The maximum atomic E-state index is 5.26. The molecular weight excluding hydrogens is 304 g/mol. The molecule has 0 amide bonds. The summed E-state index contributed by atoms with van der Waals surface area (Å²) in [4.78, 5) is 7.97. The van der Waals surface area contributed by atoms with Crippen molar-refractivity contribution < 1.29 is 4.74 Å². The molecule has 2 aromatic carbocycles. The Kier molecular flexibility index (Phi) is 3.03. The van der Waals surface area contributed by atoms with E-state index in [1.165, 1.54) is 5.56 Å². The van der Waals surface area contributed by atoms with Gasteiger partial charge in [-0.25, -0.2) is 4.98 Å². The second kappa shape index (κ2) is 4.70. The van der Waals surface area contributed by atoms with E-state index in [1.54, 1.807) is 7.11 Å². The van der Waals surface area contributed by atoms with E-state index in [9.17, 15) is 0 Å². The molecule has 0 atom stereocenters. The van der Waals surface area contributed by atoms with E-state index in [4.69, 9.17) is 4.74 Å². The molecule has 0 saturated heterocycles. The van der Waals surface area contributed by atoms with Gasteiger partial charge in [0.25, 0.3) is 0 Å². The molecule has 19 heavy (non-hydrogen) atoms. The summed E-state index contributed by atoms with van der Waals surface area (Å²) in [5.41, 5.74) is 4.18. The molecule has 1 N–H and O–H groups in total. The summed E-state index contributed by atoms with van der Waals surface area (Å²) < 4.78 is 6.19. The molecule has 0 aliphatic heterocycles. The number of aromatic amines is 1. The fourth-order valence-electron chi connectivity index (χ4n) is 2.10. The first-order valence-electron chi connectivity index (χ1n) is 5.97. The average molecular weight is 317 g/mol. The maximum absolute atomic E-state index is 5.26. The Hall–Kier alpha value is -1.81. The van der Waals surface area contributed by atoms with Crippen molar-refractivity contribution in [1.29, 1.82) is 0 Å². The summed E-state index contributed by atoms with van der Waals surface area (Å²) in [6, 6.07) is 12.1. The summed E-state index contributed by atoms with van der Waals surface area (Å²) in [5.74, 6) is 1.67. The van der Waals surface area contributed by atoms with Crippen LogP contribution in [0.2, 0.25) is 0 Å². The molecule has 0 saturated carbocycles. The van der Waals surface area contributed by atoms with Crippen molar-refractivity contribution in [1.82, 2.24) is 9.97 Å². The third kappa shape index (κ3) is 2.24. The van der Waals surface area contributed by atoms with Gasteiger partial charge in [0.2, 0.25) is 0 Å². The first-order chi connectivity index (χ1) is 9.17. The Morgan fingerprint density at radius 2 is 2.05 bits per heavy atom. The van der Waals surface area contributed by atoms with E-state index in [-0.39, 0.29) is 0 Å². The molecule has 0 aliphatic carbocycles. The number of H-pyrrole nitrogens is 1. The highest BCUT2D eigenvalue weighted by molar-refractivity contribution is 9.10. The third-order valence-electron chi connectivity index (χ3n) is 3.04. The Labute approximate surface area is 119 Å². The quantitative estimate of drug-likeness (QED) is 0.765. The first kappa shape index (κ1) is 12.2. The molecule has 0 bridgehead atoms. The highest BCUT2D eigenvalue weighted by Crippen LogP contribution is 2.30. The van der Waals surface area contributed by atoms with Crippen molar-refractivity contribution in [3.05, 3.63) is 46.4 Å². The van der Waals surface area contributed by atoms with Crippen LogP contribution in [-0.2, 0) is 0 Å². The van der Waals surface area contributed by atoms with Crippen LogP contribution in [0.3, 0.4) is 0 Å². The number of fused-ring (bicyclic) bond motifs is 1. The van der Waals surface area contributed by atoms with Gasteiger partial charge in [-0.3, -0.25) is 0 Å². The number of aryl methyl sites for hydroxylation is 1. The van der Waals surface area contributed by atoms with Gasteiger partial charge in [0, 0.05) is 16.1 Å². The zero-order valence-corrected chi connectivity index (χ0v) is 12.3. The topological polar surface area (TPSA) is 37.9 Å². The molecule has 3 rings (SSSR count). The van der Waals surface area contributed by atoms with Gasteiger partial charge in [-0.15, -0.1) is 0 Å². The smallest absolute Gasteiger partial charge is 0.138 e. The number of ether oxygens (including phenoxy) is 1. The molecule has 0 unspecified atom stereocenters. The number of halogens is 1. The average Bonchev–Trinajstić information content (AvgIpc) is 2.83. The van der Waals surface area contributed by atoms with Crippen LogP contribution in [0.5, 0.6) is 5.75 Å². The van der Waals surface area contributed by atoms with Gasteiger partial charge in [-0.2, -0.15) is 0 Å². The van der Waals surface area contributed by atoms with E-state index in [1.807, 2.05) is 18.2 Å². The van der Waals surface area contributed by atoms with Crippen molar-refractivity contribution in [3.63, 3.8) is 0 Å². The predicted octanol–water partition coefficient (Wildman–Crippen LogP) is 4.31. The van der Waals surface area contributed by atoms with E-state index >= 15 is 0 Å². The Balaban J connectivity index is 2.19. The number of methoxy groups -OCH3 is 1. The third-order valence-corrected chi connectivity index (χ3v) is 3.65. The number of aromatic nitrogens is 2. The first-order valence-corrected chi connectivity index (χ1v) is 6.77. The molecule has 96 valence electrons. The lowest BCUT2D eigenvalue weighted by atomic mass is 10.1. The molecule has 3 aromatic rings. The molecule has 0 spiro atoms. The van der Waals surface area contributed by atoms with Gasteiger partial charge in [-0.1, -0.05) is 23.8 Å². The minimum absolute atomic E-state index is 0.804. The van der Waals surface area contributed by atoms with Crippen LogP contribution in [0.4, 0.5) is 0 Å². The largest absolute Gasteiger partial charge is 0.497 e. The lowest BCUT2D eigenvalue weighted by Gasteiger charge is -1.99. The van der Waals surface area contributed by atoms with Crippen LogP contribution in [0.1, 0.15) is 5.56 Å². The van der Waals surface area contributed by atoms with Gasteiger partial charge >= 0.3 is 0 Å². The second-order valence-electron chi connectivity index (χ2n) is 4.46. The maximum Gasteiger partial charge on any atom is 0.138 e. The number of nitrogens with one attached hydrogen (secondary N) is 1. The molecule has 0 aliphatic rings. The monoisotopic (exact) mass is 316 g/mol. The van der Waals surface area contributed by atoms with Gasteiger partial charge in [-0.05, 0) is 35.0 Å². The number of imidazole rings is 1. The summed E-state index contributed by atoms with van der Waals surface area (Å²) in [6.45, 7) is 2.07. The summed E-state index contributed by atoms with van der Waals surface area (Å²) in [5, 5.41) is 0. The van der Waals surface area contributed by atoms with Crippen LogP contribution in [-0.4, -0.2) is 17.1 Å². The highest BCUT2D eigenvalue weighted by Gasteiger charge is 2.09. The summed E-state index contributed by atoms with van der Waals surface area (Å²) in [6.07, 6.45) is 0. The fourth-order valence-corrected chi connectivity index (χ4v) is 2.63. The number of nitrogens with zero attached hydrogens (tertiary/aromatic N) is 1. The van der Waals surface area contributed by atoms with Crippen molar-refractivity contribution >= 4 is 27.0 Å². The van der Waals surface area contributed by atoms with Crippen molar-refractivity contribution in [3.8, 4) is 17.1 Å². The minimum atomic E-state index is 0.804. The highest BCUT2D eigenvalue weighted by atomic mass is 79.9. The molecule has 0 radical (unpaired) electrons. The van der Waals surface area contributed by atoms with Crippen molar-refractivity contribution in [2.45, 2.75) is 6.92 Å². The molecular formula is C15H13BrN2O. The molecule has 1 aromatic heterocycles. The zero-order chi connectivity index (χ0) is 13.4. The van der Waals surface area contributed by atoms with Crippen molar-refractivity contribution in [2.24, 2.45) is 0 Å². The van der Waals surface area contributed by atoms with Crippen molar-refractivity contribution in [2.75, 3.05) is 7.11 Å². The van der Waals surface area contributed by atoms with Crippen LogP contribution >= 0.6 is 15.9 Å². The molecule has 3 nitrogen and oxygen atoms in total. The van der Waals surface area contributed by atoms with Gasteiger partial charge < -0.3 is 9.72 Å². The van der Waals surface area contributed by atoms with Crippen LogP contribution < -0.4 is 4.74 Å². The second-order valence-corrected chi connectivity index (χ2v) is 5.31. The van der Waals surface area contributed by atoms with Crippen LogP contribution in [0.15, 0.2) is 40.9 Å². The van der Waals surface area contributed by atoms with E-state index in [0.29, 0.717) is 0 Å². The predicted molar refractivity (Wildman–Crippen MR) is 80.5 cm³/mol. The lowest BCUT2D eigenvalue weighted by Crippen LogP contribution is -1.82. The summed E-state index contributed by atoms with van der Waals surface area (Å²) >= 11 is 3.53. The lowest BCUT2D eigenvalue weighted by molar-refractivity contribution is 0.415. The normalized spacial score (nSPS) is 10.9. The molecule has 4 heteroatoms. The molecule has 0 fully saturated rings. The zero-order valence-electron chi connectivity index (χ0n) is 10.7. The van der Waals surface area contributed by atoms with Crippen LogP contribution in [0, 0.1) is 6.92 Å². The van der Waals surface area contributed by atoms with Gasteiger partial charge in [0.15, 0.2) is 0 Å². The van der Waals surface area contributed by atoms with Gasteiger partial charge in [0.05, 0.1) is 12.6 Å². The summed E-state index contributed by atoms with van der Waals surface area (Å²) in [7, 11) is 1.66. The van der Waals surface area contributed by atoms with E-state index in [2.05, 4.69) is 51.0 Å². The van der Waals surface area contributed by atoms with Crippen LogP contribution in [0.25, 0.3) is 22.4 Å². The Bertz CT molecular complexity index is 749.